The summed E-state index contributed by atoms with van der Waals surface area (Å²) in [5.41, 5.74) is 3.26. The number of carbonyl (C=O) groups is 1. The fourth-order valence-corrected chi connectivity index (χ4v) is 4.90. The second-order valence-corrected chi connectivity index (χ2v) is 9.75. The molecule has 1 aromatic rings. The van der Waals surface area contributed by atoms with E-state index in [0.717, 1.165) is 25.1 Å². The van der Waals surface area contributed by atoms with Crippen LogP contribution in [0.3, 0.4) is 0 Å². The summed E-state index contributed by atoms with van der Waals surface area (Å²) in [6.07, 6.45) is 11.4. The first-order valence-corrected chi connectivity index (χ1v) is 11.4. The van der Waals surface area contributed by atoms with Crippen LogP contribution in [0.5, 0.6) is 0 Å². The molecule has 1 saturated heterocycles. The average Bonchev–Trinajstić information content (AvgIpc) is 2.68. The molecule has 0 saturated carbocycles. The molecule has 1 unspecified atom stereocenters. The Morgan fingerprint density at radius 2 is 2.06 bits per heavy atom. The predicted octanol–water partition coefficient (Wildman–Crippen LogP) is 4.58. The highest BCUT2D eigenvalue weighted by Crippen LogP contribution is 2.38. The van der Waals surface area contributed by atoms with Crippen molar-refractivity contribution in [3.05, 3.63) is 53.5 Å². The van der Waals surface area contributed by atoms with Crippen molar-refractivity contribution < 1.29 is 9.53 Å². The monoisotopic (exact) mass is 426 g/mol. The van der Waals surface area contributed by atoms with Gasteiger partial charge in [0.2, 0.25) is 0 Å². The van der Waals surface area contributed by atoms with Crippen LogP contribution >= 0.6 is 0 Å². The maximum Gasteiger partial charge on any atom is 0.407 e. The molecule has 1 N–H and O–H groups in total. The lowest BCUT2D eigenvalue weighted by molar-refractivity contribution is 0.0369. The van der Waals surface area contributed by atoms with Gasteiger partial charge in [0, 0.05) is 32.4 Å². The number of ether oxygens (including phenoxy) is 1. The molecule has 170 valence electrons. The van der Waals surface area contributed by atoms with E-state index in [4.69, 9.17) is 9.72 Å². The average molecular weight is 427 g/mol. The number of hydrogen-bond acceptors (Lipinski definition) is 5. The molecule has 0 bridgehead atoms. The smallest absolute Gasteiger partial charge is 0.407 e. The van der Waals surface area contributed by atoms with E-state index in [0.29, 0.717) is 18.6 Å². The number of aromatic nitrogens is 1. The van der Waals surface area contributed by atoms with Gasteiger partial charge in [0.1, 0.15) is 5.60 Å². The first kappa shape index (κ1) is 23.3. The maximum absolute atomic E-state index is 12.2. The number of hydrogen-bond donors (Lipinski definition) is 1. The lowest BCUT2D eigenvalue weighted by atomic mass is 9.84. The number of rotatable bonds is 5. The Hall–Kier alpha value is -2.34. The third-order valence-electron chi connectivity index (χ3n) is 6.16. The molecule has 1 aromatic heterocycles. The van der Waals surface area contributed by atoms with Crippen molar-refractivity contribution in [2.75, 3.05) is 20.1 Å². The molecule has 0 spiro atoms. The molecule has 6 heteroatoms. The Kier molecular flexibility index (Phi) is 7.42. The van der Waals surface area contributed by atoms with Crippen LogP contribution < -0.4 is 5.32 Å². The molecule has 31 heavy (non-hydrogen) atoms. The van der Waals surface area contributed by atoms with E-state index in [-0.39, 0.29) is 12.1 Å². The van der Waals surface area contributed by atoms with Crippen LogP contribution in [0, 0.1) is 6.92 Å². The number of alkyl carbamates (subject to hydrolysis) is 1. The summed E-state index contributed by atoms with van der Waals surface area (Å²) in [5, 5.41) is 2.95. The van der Waals surface area contributed by atoms with Gasteiger partial charge in [-0.2, -0.15) is 0 Å². The highest BCUT2D eigenvalue weighted by molar-refractivity contribution is 5.67. The Balaban J connectivity index is 1.82. The maximum atomic E-state index is 12.2. The molecular weight excluding hydrogens is 388 g/mol. The van der Waals surface area contributed by atoms with Gasteiger partial charge in [0.05, 0.1) is 17.8 Å². The number of aryl methyl sites for hydroxylation is 1. The summed E-state index contributed by atoms with van der Waals surface area (Å²) in [5.74, 6) is 0. The van der Waals surface area contributed by atoms with Crippen molar-refractivity contribution in [2.24, 2.45) is 0 Å². The van der Waals surface area contributed by atoms with Crippen molar-refractivity contribution in [3.8, 4) is 0 Å². The van der Waals surface area contributed by atoms with Gasteiger partial charge in [0.25, 0.3) is 0 Å². The Labute approximate surface area is 187 Å². The van der Waals surface area contributed by atoms with Crippen molar-refractivity contribution in [2.45, 2.75) is 77.6 Å². The van der Waals surface area contributed by atoms with E-state index in [1.807, 2.05) is 33.0 Å². The van der Waals surface area contributed by atoms with Gasteiger partial charge in [-0.05, 0) is 83.4 Å². The molecule has 0 radical (unpaired) electrons. The van der Waals surface area contributed by atoms with Crippen LogP contribution in [-0.2, 0) is 4.74 Å². The minimum atomic E-state index is -0.496. The number of allylic oxidation sites excluding steroid dienone is 2. The Morgan fingerprint density at radius 1 is 1.29 bits per heavy atom. The Morgan fingerprint density at radius 3 is 2.74 bits per heavy atom. The zero-order chi connectivity index (χ0) is 22.6. The van der Waals surface area contributed by atoms with Crippen LogP contribution in [0.1, 0.15) is 64.3 Å². The van der Waals surface area contributed by atoms with Crippen molar-refractivity contribution >= 4 is 6.09 Å². The van der Waals surface area contributed by atoms with Gasteiger partial charge >= 0.3 is 6.09 Å². The molecular formula is C25H38N4O2. The number of likely N-dealkylation sites (tertiary alicyclic amines) is 1. The summed E-state index contributed by atoms with van der Waals surface area (Å²) in [6, 6.07) is 5.06. The molecule has 0 aromatic carbocycles. The van der Waals surface area contributed by atoms with E-state index in [1.54, 1.807) is 0 Å². The van der Waals surface area contributed by atoms with Gasteiger partial charge in [0.15, 0.2) is 0 Å². The third-order valence-corrected chi connectivity index (χ3v) is 6.16. The van der Waals surface area contributed by atoms with E-state index >= 15 is 0 Å². The standard InChI is InChI=1S/C25H38N4O2/c1-18-10-8-14-26-22(18)20-12-7-13-21(23-19(2)11-9-16-28(23)6)29(20)17-15-27-24(30)31-25(3,4)5/h8-11,14,16,20-21,23H,7,12-13,15,17H2,1-6H3,(H,27,30)/t20-,21+,23?/m0/s1. The second kappa shape index (κ2) is 9.86. The van der Waals surface area contributed by atoms with Gasteiger partial charge in [-0.3, -0.25) is 9.88 Å². The third kappa shape index (κ3) is 5.88. The lowest BCUT2D eigenvalue weighted by Crippen LogP contribution is -2.55. The molecule has 1 fully saturated rings. The molecule has 1 amide bonds. The number of amides is 1. The van der Waals surface area contributed by atoms with Crippen LogP contribution in [0.15, 0.2) is 42.3 Å². The van der Waals surface area contributed by atoms with E-state index in [2.05, 4.69) is 60.4 Å². The highest BCUT2D eigenvalue weighted by atomic mass is 16.6. The molecule has 3 atom stereocenters. The molecule has 3 rings (SSSR count). The number of nitrogens with zero attached hydrogens (tertiary/aromatic N) is 3. The minimum absolute atomic E-state index is 0.243. The van der Waals surface area contributed by atoms with E-state index < -0.39 is 5.60 Å². The number of piperidine rings is 1. The van der Waals surface area contributed by atoms with Crippen molar-refractivity contribution in [1.29, 1.82) is 0 Å². The summed E-state index contributed by atoms with van der Waals surface area (Å²) in [7, 11) is 2.16. The van der Waals surface area contributed by atoms with Crippen LogP contribution in [0.25, 0.3) is 0 Å². The zero-order valence-electron chi connectivity index (χ0n) is 19.9. The van der Waals surface area contributed by atoms with E-state index in [1.165, 1.54) is 17.6 Å². The first-order valence-electron chi connectivity index (χ1n) is 11.4. The first-order chi connectivity index (χ1) is 14.7. The topological polar surface area (TPSA) is 57.7 Å². The van der Waals surface area contributed by atoms with Gasteiger partial charge in [-0.25, -0.2) is 4.79 Å². The highest BCUT2D eigenvalue weighted by Gasteiger charge is 2.39. The summed E-state index contributed by atoms with van der Waals surface area (Å²) >= 11 is 0. The summed E-state index contributed by atoms with van der Waals surface area (Å²) in [4.78, 5) is 21.9. The largest absolute Gasteiger partial charge is 0.444 e. The quantitative estimate of drug-likeness (QED) is 0.747. The molecule has 3 heterocycles. The summed E-state index contributed by atoms with van der Waals surface area (Å²) in [6.45, 7) is 11.3. The van der Waals surface area contributed by atoms with Gasteiger partial charge in [-0.15, -0.1) is 0 Å². The van der Waals surface area contributed by atoms with Crippen molar-refractivity contribution in [1.82, 2.24) is 20.1 Å². The minimum Gasteiger partial charge on any atom is -0.444 e. The van der Waals surface area contributed by atoms with Crippen LogP contribution in [-0.4, -0.2) is 58.7 Å². The van der Waals surface area contributed by atoms with Crippen molar-refractivity contribution in [3.63, 3.8) is 0 Å². The van der Waals surface area contributed by atoms with Gasteiger partial charge < -0.3 is 15.0 Å². The number of likely N-dealkylation sites (N-methyl/N-ethyl adjacent to an activating group) is 1. The molecule has 2 aliphatic heterocycles. The van der Waals surface area contributed by atoms with Crippen LogP contribution in [0.2, 0.25) is 0 Å². The zero-order valence-corrected chi connectivity index (χ0v) is 19.9. The SMILES string of the molecule is CC1=CC=CN(C)C1[C@H]1CCC[C@@H](c2ncccc2C)N1CCNC(=O)OC(C)(C)C. The fourth-order valence-electron chi connectivity index (χ4n) is 4.90. The predicted molar refractivity (Wildman–Crippen MR) is 125 cm³/mol. The second-order valence-electron chi connectivity index (χ2n) is 9.75. The molecule has 6 nitrogen and oxygen atoms in total. The lowest BCUT2D eigenvalue weighted by Gasteiger charge is -2.48. The summed E-state index contributed by atoms with van der Waals surface area (Å²) < 4.78 is 5.43. The normalized spacial score (nSPS) is 24.6. The molecule has 0 aliphatic carbocycles. The fraction of sp³-hybridized carbons (Fsp3) is 0.600. The number of pyridine rings is 1. The van der Waals surface area contributed by atoms with Gasteiger partial charge in [-0.1, -0.05) is 12.1 Å². The van der Waals surface area contributed by atoms with E-state index in [9.17, 15) is 4.79 Å². The molecule has 2 aliphatic rings. The number of nitrogens with one attached hydrogen (secondary N) is 1. The number of carbonyl (C=O) groups excluding carboxylic acids is 1. The Bertz CT molecular complexity index is 827. The van der Waals surface area contributed by atoms with Crippen LogP contribution in [0.4, 0.5) is 4.79 Å².